The molecule has 46 valence electrons. The summed E-state index contributed by atoms with van der Waals surface area (Å²) in [6.07, 6.45) is 0. The first kappa shape index (κ1) is 6.47. The van der Waals surface area contributed by atoms with Gasteiger partial charge in [-0.25, -0.2) is 0 Å². The molecule has 7 nitrogen and oxygen atoms in total. The number of hydrazine groups is 1. The van der Waals surface area contributed by atoms with Crippen LogP contribution in [0.1, 0.15) is 0 Å². The number of nitrogens with two attached hydrogens (primary N) is 2. The van der Waals surface area contributed by atoms with Crippen LogP contribution in [0.3, 0.4) is 0 Å². The number of nitro groups is 1. The average molecular weight is 119 g/mol. The van der Waals surface area contributed by atoms with Crippen molar-refractivity contribution in [2.75, 3.05) is 0 Å². The Hall–Kier alpha value is -1.53. The molecule has 0 saturated carbocycles. The molecular weight excluding hydrogens is 114 g/mol. The summed E-state index contributed by atoms with van der Waals surface area (Å²) in [4.78, 5) is 9.38. The van der Waals surface area contributed by atoms with Gasteiger partial charge in [0.25, 0.3) is 0 Å². The Labute approximate surface area is 44.5 Å². The summed E-state index contributed by atoms with van der Waals surface area (Å²) in [6.45, 7) is 0. The van der Waals surface area contributed by atoms with Crippen molar-refractivity contribution in [1.82, 2.24) is 5.53 Å². The number of nitrogens with one attached hydrogen (secondary N) is 1. The molecule has 0 radical (unpaired) electrons. The van der Waals surface area contributed by atoms with E-state index in [1.807, 2.05) is 0 Å². The van der Waals surface area contributed by atoms with E-state index in [0.29, 0.717) is 0 Å². The second kappa shape index (κ2) is 2.61. The maximum absolute atomic E-state index is 9.38. The third-order valence-corrected chi connectivity index (χ3v) is 0.261. The monoisotopic (exact) mass is 119 g/mol. The number of guanidine groups is 1. The highest BCUT2D eigenvalue weighted by atomic mass is 16.7. The number of hydrazone groups is 1. The van der Waals surface area contributed by atoms with Crippen LogP contribution in [0.15, 0.2) is 5.10 Å². The van der Waals surface area contributed by atoms with Crippen molar-refractivity contribution in [1.29, 1.82) is 0 Å². The fraction of sp³-hybridized carbons (Fsp3) is 0. The van der Waals surface area contributed by atoms with Crippen LogP contribution in [0, 0.1) is 10.1 Å². The molecule has 0 fully saturated rings. The van der Waals surface area contributed by atoms with E-state index in [2.05, 4.69) is 5.10 Å². The van der Waals surface area contributed by atoms with Crippen LogP contribution in [-0.2, 0) is 0 Å². The second-order valence-electron chi connectivity index (χ2n) is 0.894. The molecule has 0 aromatic heterocycles. The fourth-order valence-electron chi connectivity index (χ4n) is 0.0986. The lowest BCUT2D eigenvalue weighted by Crippen LogP contribution is -2.28. The lowest BCUT2D eigenvalue weighted by molar-refractivity contribution is -0.545. The van der Waals surface area contributed by atoms with Crippen molar-refractivity contribution in [3.8, 4) is 0 Å². The zero-order chi connectivity index (χ0) is 6.57. The van der Waals surface area contributed by atoms with Gasteiger partial charge in [-0.05, 0) is 5.53 Å². The molecule has 0 atom stereocenters. The highest BCUT2D eigenvalue weighted by molar-refractivity contribution is 5.75. The third-order valence-electron chi connectivity index (χ3n) is 0.261. The van der Waals surface area contributed by atoms with Gasteiger partial charge in [-0.2, -0.15) is 0 Å². The molecule has 0 heterocycles. The fourth-order valence-corrected chi connectivity index (χ4v) is 0.0986. The van der Waals surface area contributed by atoms with Gasteiger partial charge >= 0.3 is 5.96 Å². The van der Waals surface area contributed by atoms with Gasteiger partial charge in [0.2, 0.25) is 0 Å². The van der Waals surface area contributed by atoms with Crippen LogP contribution in [-0.4, -0.2) is 11.0 Å². The summed E-state index contributed by atoms with van der Waals surface area (Å²) < 4.78 is 0. The van der Waals surface area contributed by atoms with E-state index in [9.17, 15) is 10.1 Å². The smallest absolute Gasteiger partial charge is 0.332 e. The van der Waals surface area contributed by atoms with Gasteiger partial charge in [-0.1, -0.05) is 0 Å². The lowest BCUT2D eigenvalue weighted by Gasteiger charge is -1.85. The van der Waals surface area contributed by atoms with E-state index in [-0.39, 0.29) is 5.96 Å². The van der Waals surface area contributed by atoms with Crippen LogP contribution in [0.5, 0.6) is 0 Å². The lowest BCUT2D eigenvalue weighted by atomic mass is 11.1. The molecule has 0 aliphatic rings. The number of hydrogen-bond donors (Lipinski definition) is 3. The molecule has 0 spiro atoms. The standard InChI is InChI=1S/CH5N5O2/c2-1(3)4-5-6(7)8/h5H,(H4,2,3,4). The molecule has 0 aliphatic carbocycles. The van der Waals surface area contributed by atoms with Gasteiger partial charge in [0.1, 0.15) is 0 Å². The van der Waals surface area contributed by atoms with Crippen molar-refractivity contribution in [3.05, 3.63) is 10.1 Å². The normalized spacial score (nSPS) is 7.50. The highest BCUT2D eigenvalue weighted by Gasteiger charge is 1.87. The Morgan fingerprint density at radius 1 is 1.75 bits per heavy atom. The van der Waals surface area contributed by atoms with Crippen LogP contribution >= 0.6 is 0 Å². The van der Waals surface area contributed by atoms with Crippen LogP contribution in [0.2, 0.25) is 0 Å². The molecule has 0 unspecified atom stereocenters. The van der Waals surface area contributed by atoms with E-state index in [4.69, 9.17) is 11.5 Å². The molecule has 0 saturated heterocycles. The molecule has 0 rings (SSSR count). The molecule has 8 heavy (non-hydrogen) atoms. The zero-order valence-electron chi connectivity index (χ0n) is 3.87. The third kappa shape index (κ3) is 4.47. The minimum absolute atomic E-state index is 0.373. The van der Waals surface area contributed by atoms with Crippen LogP contribution in [0.25, 0.3) is 0 Å². The van der Waals surface area contributed by atoms with E-state index in [1.165, 1.54) is 5.53 Å². The summed E-state index contributed by atoms with van der Waals surface area (Å²) in [7, 11) is 0. The first-order valence-corrected chi connectivity index (χ1v) is 1.61. The molecule has 0 aromatic rings. The van der Waals surface area contributed by atoms with Gasteiger partial charge in [0.05, 0.1) is 10.1 Å². The minimum Gasteiger partial charge on any atom is -0.346 e. The number of hydrogen-bond acceptors (Lipinski definition) is 3. The Morgan fingerprint density at radius 3 is 2.38 bits per heavy atom. The molecule has 0 aliphatic heterocycles. The van der Waals surface area contributed by atoms with Crippen molar-refractivity contribution in [2.45, 2.75) is 0 Å². The summed E-state index contributed by atoms with van der Waals surface area (Å²) in [5, 5.41) is 11.4. The maximum Gasteiger partial charge on any atom is 0.332 e. The van der Waals surface area contributed by atoms with Crippen molar-refractivity contribution >= 4 is 5.96 Å². The first-order chi connectivity index (χ1) is 3.63. The van der Waals surface area contributed by atoms with E-state index < -0.39 is 5.03 Å². The van der Waals surface area contributed by atoms with Crippen molar-refractivity contribution < 1.29 is 5.03 Å². The van der Waals surface area contributed by atoms with Gasteiger partial charge < -0.3 is 21.6 Å². The second-order valence-corrected chi connectivity index (χ2v) is 0.894. The zero-order valence-corrected chi connectivity index (χ0v) is 3.87. The van der Waals surface area contributed by atoms with Crippen LogP contribution in [0.4, 0.5) is 0 Å². The van der Waals surface area contributed by atoms with Gasteiger partial charge in [-0.15, -0.1) is 0 Å². The predicted molar refractivity (Wildman–Crippen MR) is 25.9 cm³/mol. The number of rotatable bonds is 2. The minimum atomic E-state index is -0.875. The maximum atomic E-state index is 9.38. The van der Waals surface area contributed by atoms with E-state index in [1.54, 1.807) is 0 Å². The largest absolute Gasteiger partial charge is 0.346 e. The van der Waals surface area contributed by atoms with E-state index >= 15 is 0 Å². The summed E-state index contributed by atoms with van der Waals surface area (Å²) >= 11 is 0. The van der Waals surface area contributed by atoms with Gasteiger partial charge in [0, 0.05) is 0 Å². The van der Waals surface area contributed by atoms with Gasteiger partial charge in [0.15, 0.2) is 0 Å². The Bertz CT molecular complexity index is 114. The Balaban J connectivity index is 3.45. The average Bonchev–Trinajstić information content (AvgIpc) is 1.61. The topological polar surface area (TPSA) is 120 Å². The quantitative estimate of drug-likeness (QED) is 0.167. The molecule has 0 amide bonds. The van der Waals surface area contributed by atoms with Crippen molar-refractivity contribution in [3.63, 3.8) is 0 Å². The molecular formula is CH5N5O2. The Morgan fingerprint density at radius 2 is 2.25 bits per heavy atom. The summed E-state index contributed by atoms with van der Waals surface area (Å²) in [5.74, 6) is -0.373. The molecule has 0 bridgehead atoms. The number of nitrogens with zero attached hydrogens (tertiary/aromatic N) is 2. The highest BCUT2D eigenvalue weighted by Crippen LogP contribution is 1.55. The summed E-state index contributed by atoms with van der Waals surface area (Å²) in [6, 6.07) is 0. The summed E-state index contributed by atoms with van der Waals surface area (Å²) in [5.41, 5.74) is 10.8. The van der Waals surface area contributed by atoms with Crippen molar-refractivity contribution in [2.24, 2.45) is 16.6 Å². The molecule has 5 N–H and O–H groups in total. The Kier molecular flexibility index (Phi) is 2.11. The van der Waals surface area contributed by atoms with Gasteiger partial charge in [-0.3, -0.25) is 0 Å². The van der Waals surface area contributed by atoms with E-state index in [0.717, 1.165) is 0 Å². The first-order valence-electron chi connectivity index (χ1n) is 1.61. The van der Waals surface area contributed by atoms with Crippen LogP contribution < -0.4 is 17.0 Å². The molecule has 7 heteroatoms. The SMILES string of the molecule is NC(N)=NN[N+](=O)[O-]. The predicted octanol–water partition coefficient (Wildman–Crippen LogP) is -2.04. The molecule has 0 aromatic carbocycles.